The van der Waals surface area contributed by atoms with E-state index in [2.05, 4.69) is 5.32 Å². The summed E-state index contributed by atoms with van der Waals surface area (Å²) in [5.41, 5.74) is 1.94. The Morgan fingerprint density at radius 2 is 1.77 bits per heavy atom. The lowest BCUT2D eigenvalue weighted by Crippen LogP contribution is -2.11. The summed E-state index contributed by atoms with van der Waals surface area (Å²) in [5.74, 6) is -0.475. The molecule has 0 aliphatic heterocycles. The highest BCUT2D eigenvalue weighted by Gasteiger charge is 2.10. The van der Waals surface area contributed by atoms with Gasteiger partial charge in [-0.15, -0.1) is 0 Å². The predicted octanol–water partition coefficient (Wildman–Crippen LogP) is 5.28. The van der Waals surface area contributed by atoms with Crippen molar-refractivity contribution in [1.29, 1.82) is 0 Å². The third kappa shape index (κ3) is 6.10. The first-order valence-corrected chi connectivity index (χ1v) is 9.70. The molecular formula is C24H20ClNO5. The van der Waals surface area contributed by atoms with Crippen molar-refractivity contribution < 1.29 is 24.2 Å². The van der Waals surface area contributed by atoms with Gasteiger partial charge in [0.25, 0.3) is 0 Å². The topological polar surface area (TPSA) is 84.9 Å². The van der Waals surface area contributed by atoms with Crippen LogP contribution in [0.25, 0.3) is 6.08 Å². The van der Waals surface area contributed by atoms with Crippen molar-refractivity contribution in [1.82, 2.24) is 0 Å². The summed E-state index contributed by atoms with van der Waals surface area (Å²) in [5, 5.41) is 12.4. The number of aromatic carboxylic acids is 1. The van der Waals surface area contributed by atoms with E-state index in [0.717, 1.165) is 11.1 Å². The third-order valence-corrected chi connectivity index (χ3v) is 4.59. The first kappa shape index (κ1) is 21.9. The number of ether oxygens (including phenoxy) is 2. The lowest BCUT2D eigenvalue weighted by Gasteiger charge is -2.11. The molecule has 2 N–H and O–H groups in total. The van der Waals surface area contributed by atoms with Crippen LogP contribution in [0.5, 0.6) is 11.5 Å². The van der Waals surface area contributed by atoms with Gasteiger partial charge in [0, 0.05) is 11.1 Å². The van der Waals surface area contributed by atoms with Crippen molar-refractivity contribution in [2.24, 2.45) is 0 Å². The molecule has 0 spiro atoms. The fourth-order valence-electron chi connectivity index (χ4n) is 2.77. The summed E-state index contributed by atoms with van der Waals surface area (Å²) in [7, 11) is 1.54. The normalized spacial score (nSPS) is 10.6. The van der Waals surface area contributed by atoms with Gasteiger partial charge in [-0.05, 0) is 53.6 Å². The SMILES string of the molecule is COc1cc(C=CC(=O)Nc2ccccc2C(=O)O)ccc1OCc1ccc(Cl)cc1. The van der Waals surface area contributed by atoms with Crippen LogP contribution in [-0.2, 0) is 11.4 Å². The number of carbonyl (C=O) groups excluding carboxylic acids is 1. The van der Waals surface area contributed by atoms with Gasteiger partial charge in [-0.1, -0.05) is 41.9 Å². The second-order valence-electron chi connectivity index (χ2n) is 6.50. The minimum Gasteiger partial charge on any atom is -0.493 e. The van der Waals surface area contributed by atoms with E-state index < -0.39 is 11.9 Å². The Kier molecular flexibility index (Phi) is 7.30. The molecule has 0 fully saturated rings. The number of carboxylic acid groups (broad SMARTS) is 1. The Labute approximate surface area is 184 Å². The van der Waals surface area contributed by atoms with E-state index in [0.29, 0.717) is 23.1 Å². The molecular weight excluding hydrogens is 418 g/mol. The molecule has 6 nitrogen and oxygen atoms in total. The van der Waals surface area contributed by atoms with Gasteiger partial charge in [0.2, 0.25) is 5.91 Å². The Bertz CT molecular complexity index is 1110. The number of anilines is 1. The Balaban J connectivity index is 1.66. The average molecular weight is 438 g/mol. The molecule has 3 aromatic rings. The van der Waals surface area contributed by atoms with E-state index in [4.69, 9.17) is 21.1 Å². The number of amides is 1. The van der Waals surface area contributed by atoms with Crippen LogP contribution in [-0.4, -0.2) is 24.1 Å². The summed E-state index contributed by atoms with van der Waals surface area (Å²) >= 11 is 5.89. The summed E-state index contributed by atoms with van der Waals surface area (Å²) in [6.07, 6.45) is 2.92. The standard InChI is InChI=1S/C24H20ClNO5/c1-30-22-14-16(8-12-21(22)31-15-17-6-10-18(25)11-7-17)9-13-23(27)26-20-5-3-2-4-19(20)24(28)29/h2-14H,15H2,1H3,(H,26,27)(H,28,29). The van der Waals surface area contributed by atoms with Crippen molar-refractivity contribution >= 4 is 35.2 Å². The zero-order valence-corrected chi connectivity index (χ0v) is 17.4. The molecule has 0 saturated carbocycles. The number of hydrogen-bond donors (Lipinski definition) is 2. The maximum absolute atomic E-state index is 12.2. The van der Waals surface area contributed by atoms with E-state index in [-0.39, 0.29) is 11.3 Å². The number of halogens is 1. The van der Waals surface area contributed by atoms with Gasteiger partial charge in [0.05, 0.1) is 18.4 Å². The first-order valence-electron chi connectivity index (χ1n) is 9.33. The van der Waals surface area contributed by atoms with Crippen molar-refractivity contribution in [3.63, 3.8) is 0 Å². The third-order valence-electron chi connectivity index (χ3n) is 4.34. The molecule has 0 atom stereocenters. The van der Waals surface area contributed by atoms with Crippen molar-refractivity contribution in [2.45, 2.75) is 6.61 Å². The van der Waals surface area contributed by atoms with E-state index in [9.17, 15) is 14.7 Å². The number of benzene rings is 3. The van der Waals surface area contributed by atoms with E-state index in [1.54, 1.807) is 48.5 Å². The van der Waals surface area contributed by atoms with Gasteiger partial charge < -0.3 is 19.9 Å². The molecule has 0 heterocycles. The summed E-state index contributed by atoms with van der Waals surface area (Å²) in [4.78, 5) is 23.5. The summed E-state index contributed by atoms with van der Waals surface area (Å²) in [6.45, 7) is 0.355. The molecule has 31 heavy (non-hydrogen) atoms. The highest BCUT2D eigenvalue weighted by molar-refractivity contribution is 6.30. The summed E-state index contributed by atoms with van der Waals surface area (Å²) in [6, 6.07) is 18.8. The molecule has 7 heteroatoms. The second-order valence-corrected chi connectivity index (χ2v) is 6.94. The predicted molar refractivity (Wildman–Crippen MR) is 120 cm³/mol. The smallest absolute Gasteiger partial charge is 0.337 e. The maximum atomic E-state index is 12.2. The molecule has 3 aromatic carbocycles. The van der Waals surface area contributed by atoms with Gasteiger partial charge >= 0.3 is 5.97 Å². The number of methoxy groups -OCH3 is 1. The average Bonchev–Trinajstić information content (AvgIpc) is 2.77. The van der Waals surface area contributed by atoms with Crippen LogP contribution in [0.3, 0.4) is 0 Å². The van der Waals surface area contributed by atoms with Crippen LogP contribution in [0, 0.1) is 0 Å². The molecule has 0 aliphatic rings. The molecule has 0 unspecified atom stereocenters. The van der Waals surface area contributed by atoms with E-state index in [1.807, 2.05) is 12.1 Å². The molecule has 0 aliphatic carbocycles. The van der Waals surface area contributed by atoms with Gasteiger partial charge in [-0.25, -0.2) is 4.79 Å². The van der Waals surface area contributed by atoms with Crippen molar-refractivity contribution in [3.05, 3.63) is 94.5 Å². The number of carbonyl (C=O) groups is 2. The number of para-hydroxylation sites is 1. The zero-order valence-electron chi connectivity index (χ0n) is 16.7. The van der Waals surface area contributed by atoms with Crippen LogP contribution >= 0.6 is 11.6 Å². The minimum absolute atomic E-state index is 0.0214. The van der Waals surface area contributed by atoms with Gasteiger partial charge in [0.1, 0.15) is 6.61 Å². The molecule has 1 amide bonds. The van der Waals surface area contributed by atoms with Crippen LogP contribution in [0.2, 0.25) is 5.02 Å². The van der Waals surface area contributed by atoms with Gasteiger partial charge in [-0.3, -0.25) is 4.79 Å². The van der Waals surface area contributed by atoms with E-state index in [1.165, 1.54) is 25.3 Å². The molecule has 0 aromatic heterocycles. The minimum atomic E-state index is -1.11. The Morgan fingerprint density at radius 3 is 2.48 bits per heavy atom. The number of rotatable bonds is 8. The lowest BCUT2D eigenvalue weighted by atomic mass is 10.1. The van der Waals surface area contributed by atoms with E-state index >= 15 is 0 Å². The first-order chi connectivity index (χ1) is 15.0. The van der Waals surface area contributed by atoms with Crippen molar-refractivity contribution in [3.8, 4) is 11.5 Å². The Hall–Kier alpha value is -3.77. The van der Waals surface area contributed by atoms with Crippen LogP contribution in [0.15, 0.2) is 72.8 Å². The molecule has 0 saturated heterocycles. The fraction of sp³-hybridized carbons (Fsp3) is 0.0833. The molecule has 158 valence electrons. The van der Waals surface area contributed by atoms with Crippen LogP contribution in [0.4, 0.5) is 5.69 Å². The highest BCUT2D eigenvalue weighted by atomic mass is 35.5. The summed E-state index contributed by atoms with van der Waals surface area (Å²) < 4.78 is 11.2. The fourth-order valence-corrected chi connectivity index (χ4v) is 2.90. The maximum Gasteiger partial charge on any atom is 0.337 e. The zero-order chi connectivity index (χ0) is 22.2. The lowest BCUT2D eigenvalue weighted by molar-refractivity contribution is -0.111. The number of nitrogens with one attached hydrogen (secondary N) is 1. The largest absolute Gasteiger partial charge is 0.493 e. The van der Waals surface area contributed by atoms with Crippen LogP contribution in [0.1, 0.15) is 21.5 Å². The highest BCUT2D eigenvalue weighted by Crippen LogP contribution is 2.29. The molecule has 0 radical (unpaired) electrons. The second kappa shape index (κ2) is 10.3. The van der Waals surface area contributed by atoms with Gasteiger partial charge in [-0.2, -0.15) is 0 Å². The van der Waals surface area contributed by atoms with Crippen LogP contribution < -0.4 is 14.8 Å². The van der Waals surface area contributed by atoms with Gasteiger partial charge in [0.15, 0.2) is 11.5 Å². The quantitative estimate of drug-likeness (QED) is 0.468. The monoisotopic (exact) mass is 437 g/mol. The Morgan fingerprint density at radius 1 is 1.03 bits per heavy atom. The van der Waals surface area contributed by atoms with Crippen molar-refractivity contribution in [2.75, 3.05) is 12.4 Å². The number of hydrogen-bond acceptors (Lipinski definition) is 4. The number of carboxylic acids is 1. The molecule has 3 rings (SSSR count). The molecule has 0 bridgehead atoms.